The number of benzene rings is 1. The smallest absolute Gasteiger partial charge is 0.406 e. The SMILES string of the molecule is C=C1C[C@@H]2C(=O)N(c3ccc(OC(F)(F)F)cc3)C(=O)[C@@H]2C1. The van der Waals surface area contributed by atoms with E-state index in [4.69, 9.17) is 0 Å². The van der Waals surface area contributed by atoms with Crippen molar-refractivity contribution in [3.63, 3.8) is 0 Å². The summed E-state index contributed by atoms with van der Waals surface area (Å²) in [5.41, 5.74) is 1.13. The minimum absolute atomic E-state index is 0.254. The van der Waals surface area contributed by atoms with E-state index in [0.717, 1.165) is 22.6 Å². The number of carbonyl (C=O) groups is 2. The number of nitrogens with zero attached hydrogens (tertiary/aromatic N) is 1. The van der Waals surface area contributed by atoms with Crippen molar-refractivity contribution < 1.29 is 27.5 Å². The van der Waals surface area contributed by atoms with Crippen molar-refractivity contribution in [1.29, 1.82) is 0 Å². The lowest BCUT2D eigenvalue weighted by atomic mass is 10.00. The Morgan fingerprint density at radius 2 is 1.55 bits per heavy atom. The van der Waals surface area contributed by atoms with Crippen LogP contribution in [0.25, 0.3) is 0 Å². The van der Waals surface area contributed by atoms with Gasteiger partial charge in [-0.1, -0.05) is 12.2 Å². The summed E-state index contributed by atoms with van der Waals surface area (Å²) in [6.07, 6.45) is -3.81. The largest absolute Gasteiger partial charge is 0.573 e. The zero-order valence-electron chi connectivity index (χ0n) is 11.4. The molecule has 1 aromatic carbocycles. The number of imide groups is 1. The Labute approximate surface area is 124 Å². The molecule has 0 bridgehead atoms. The number of fused-ring (bicyclic) bond motifs is 1. The topological polar surface area (TPSA) is 46.6 Å². The normalized spacial score (nSPS) is 24.9. The van der Waals surface area contributed by atoms with Gasteiger partial charge in [-0.2, -0.15) is 0 Å². The van der Waals surface area contributed by atoms with Gasteiger partial charge < -0.3 is 4.74 Å². The van der Waals surface area contributed by atoms with Gasteiger partial charge in [0.05, 0.1) is 17.5 Å². The van der Waals surface area contributed by atoms with Gasteiger partial charge >= 0.3 is 6.36 Å². The quantitative estimate of drug-likeness (QED) is 0.623. The molecule has 1 aromatic rings. The summed E-state index contributed by atoms with van der Waals surface area (Å²) < 4.78 is 40.1. The molecule has 1 heterocycles. The van der Waals surface area contributed by atoms with Gasteiger partial charge in [-0.05, 0) is 37.1 Å². The third-order valence-electron chi connectivity index (χ3n) is 3.91. The molecule has 1 saturated heterocycles. The third-order valence-corrected chi connectivity index (χ3v) is 3.91. The van der Waals surface area contributed by atoms with Crippen LogP contribution in [0.4, 0.5) is 18.9 Å². The number of allylic oxidation sites excluding steroid dienone is 1. The maximum atomic E-state index is 12.3. The molecule has 7 heteroatoms. The van der Waals surface area contributed by atoms with Crippen molar-refractivity contribution in [1.82, 2.24) is 0 Å². The second-order valence-corrected chi connectivity index (χ2v) is 5.42. The lowest BCUT2D eigenvalue weighted by Gasteiger charge is -2.17. The average Bonchev–Trinajstić information content (AvgIpc) is 2.89. The monoisotopic (exact) mass is 311 g/mol. The van der Waals surface area contributed by atoms with Crippen LogP contribution in [-0.4, -0.2) is 18.2 Å². The number of hydrogen-bond donors (Lipinski definition) is 0. The predicted molar refractivity (Wildman–Crippen MR) is 71.0 cm³/mol. The highest BCUT2D eigenvalue weighted by molar-refractivity contribution is 6.22. The average molecular weight is 311 g/mol. The highest BCUT2D eigenvalue weighted by atomic mass is 19.4. The van der Waals surface area contributed by atoms with Gasteiger partial charge in [-0.15, -0.1) is 13.2 Å². The summed E-state index contributed by atoms with van der Waals surface area (Å²) in [4.78, 5) is 25.7. The minimum Gasteiger partial charge on any atom is -0.406 e. The maximum Gasteiger partial charge on any atom is 0.573 e. The van der Waals surface area contributed by atoms with E-state index in [2.05, 4.69) is 11.3 Å². The summed E-state index contributed by atoms with van der Waals surface area (Å²) in [6.45, 7) is 3.80. The summed E-state index contributed by atoms with van der Waals surface area (Å²) >= 11 is 0. The first-order valence-corrected chi connectivity index (χ1v) is 6.66. The molecule has 0 unspecified atom stereocenters. The molecule has 22 heavy (non-hydrogen) atoms. The van der Waals surface area contributed by atoms with Gasteiger partial charge in [0.15, 0.2) is 0 Å². The van der Waals surface area contributed by atoms with Crippen LogP contribution >= 0.6 is 0 Å². The maximum absolute atomic E-state index is 12.3. The molecule has 1 saturated carbocycles. The highest BCUT2D eigenvalue weighted by Gasteiger charge is 2.51. The number of carbonyl (C=O) groups excluding carboxylic acids is 2. The van der Waals surface area contributed by atoms with Gasteiger partial charge in [0, 0.05) is 0 Å². The van der Waals surface area contributed by atoms with Crippen LogP contribution in [-0.2, 0) is 9.59 Å². The fraction of sp³-hybridized carbons (Fsp3) is 0.333. The highest BCUT2D eigenvalue weighted by Crippen LogP contribution is 2.43. The van der Waals surface area contributed by atoms with Gasteiger partial charge in [0.1, 0.15) is 5.75 Å². The Bertz CT molecular complexity index is 625. The van der Waals surface area contributed by atoms with Crippen LogP contribution < -0.4 is 9.64 Å². The predicted octanol–water partition coefficient (Wildman–Crippen LogP) is 3.04. The van der Waals surface area contributed by atoms with E-state index in [-0.39, 0.29) is 17.5 Å². The van der Waals surface area contributed by atoms with E-state index in [1.54, 1.807) is 0 Å². The molecule has 116 valence electrons. The van der Waals surface area contributed by atoms with Crippen molar-refractivity contribution in [2.75, 3.05) is 4.90 Å². The molecule has 2 aliphatic rings. The second kappa shape index (κ2) is 4.86. The Balaban J connectivity index is 1.82. The fourth-order valence-electron chi connectivity index (χ4n) is 3.00. The molecule has 2 amide bonds. The summed E-state index contributed by atoms with van der Waals surface area (Å²) in [5, 5.41) is 0. The van der Waals surface area contributed by atoms with E-state index in [0.29, 0.717) is 12.8 Å². The number of anilines is 1. The van der Waals surface area contributed by atoms with Crippen LogP contribution in [0.15, 0.2) is 36.4 Å². The number of amides is 2. The number of halogens is 3. The van der Waals surface area contributed by atoms with Crippen molar-refractivity contribution in [2.24, 2.45) is 11.8 Å². The van der Waals surface area contributed by atoms with Crippen LogP contribution in [0.2, 0.25) is 0 Å². The number of rotatable bonds is 2. The molecule has 4 nitrogen and oxygen atoms in total. The van der Waals surface area contributed by atoms with E-state index < -0.39 is 23.9 Å². The number of hydrogen-bond acceptors (Lipinski definition) is 3. The van der Waals surface area contributed by atoms with Crippen molar-refractivity contribution >= 4 is 17.5 Å². The van der Waals surface area contributed by atoms with Gasteiger partial charge in [0.2, 0.25) is 11.8 Å². The lowest BCUT2D eigenvalue weighted by Crippen LogP contribution is -2.31. The molecule has 2 atom stereocenters. The number of alkyl halides is 3. The fourth-order valence-corrected chi connectivity index (χ4v) is 3.00. The summed E-state index contributed by atoms with van der Waals surface area (Å²) in [5.74, 6) is -1.84. The Kier molecular flexibility index (Phi) is 3.23. The first kappa shape index (κ1) is 14.6. The van der Waals surface area contributed by atoms with Crippen LogP contribution in [0.5, 0.6) is 5.75 Å². The third kappa shape index (κ3) is 2.47. The van der Waals surface area contributed by atoms with E-state index in [1.165, 1.54) is 12.1 Å². The standard InChI is InChI=1S/C15H12F3NO3/c1-8-6-11-12(7-8)14(21)19(13(11)20)9-2-4-10(5-3-9)22-15(16,17)18/h2-5,11-12H,1,6-7H2/t11-,12+. The van der Waals surface area contributed by atoms with E-state index >= 15 is 0 Å². The number of ether oxygens (including phenoxy) is 1. The van der Waals surface area contributed by atoms with Gasteiger partial charge in [0.25, 0.3) is 0 Å². The zero-order valence-corrected chi connectivity index (χ0v) is 11.4. The Morgan fingerprint density at radius 1 is 1.05 bits per heavy atom. The van der Waals surface area contributed by atoms with E-state index in [1.807, 2.05) is 0 Å². The van der Waals surface area contributed by atoms with Crippen molar-refractivity contribution in [3.05, 3.63) is 36.4 Å². The molecular formula is C15H12F3NO3. The first-order chi connectivity index (χ1) is 10.3. The molecule has 2 fully saturated rings. The van der Waals surface area contributed by atoms with Gasteiger partial charge in [-0.25, -0.2) is 0 Å². The summed E-state index contributed by atoms with van der Waals surface area (Å²) in [6, 6.07) is 4.70. The molecule has 0 N–H and O–H groups in total. The van der Waals surface area contributed by atoms with Crippen LogP contribution in [0, 0.1) is 11.8 Å². The molecule has 0 aromatic heterocycles. The molecule has 1 aliphatic heterocycles. The molecule has 3 rings (SSSR count). The lowest BCUT2D eigenvalue weighted by molar-refractivity contribution is -0.274. The molecule has 0 spiro atoms. The molecule has 1 aliphatic carbocycles. The van der Waals surface area contributed by atoms with Gasteiger partial charge in [-0.3, -0.25) is 14.5 Å². The van der Waals surface area contributed by atoms with Crippen molar-refractivity contribution in [2.45, 2.75) is 19.2 Å². The van der Waals surface area contributed by atoms with E-state index in [9.17, 15) is 22.8 Å². The Hall–Kier alpha value is -2.31. The zero-order chi connectivity index (χ0) is 16.1. The second-order valence-electron chi connectivity index (χ2n) is 5.42. The first-order valence-electron chi connectivity index (χ1n) is 6.66. The van der Waals surface area contributed by atoms with Crippen LogP contribution in [0.3, 0.4) is 0 Å². The van der Waals surface area contributed by atoms with Crippen molar-refractivity contribution in [3.8, 4) is 5.75 Å². The summed E-state index contributed by atoms with van der Waals surface area (Å²) in [7, 11) is 0. The van der Waals surface area contributed by atoms with Crippen LogP contribution in [0.1, 0.15) is 12.8 Å². The Morgan fingerprint density at radius 3 is 2.00 bits per heavy atom. The molecule has 0 radical (unpaired) electrons. The molecular weight excluding hydrogens is 299 g/mol. The minimum atomic E-state index is -4.78.